The van der Waals surface area contributed by atoms with E-state index in [4.69, 9.17) is 56.8 Å². The quantitative estimate of drug-likeness (QED) is 0.0437. The summed E-state index contributed by atoms with van der Waals surface area (Å²) >= 11 is 0. The molecule has 0 aliphatic heterocycles. The Labute approximate surface area is 678 Å². The molecule has 0 aliphatic rings. The van der Waals surface area contributed by atoms with Gasteiger partial charge in [-0.1, -0.05) is 146 Å². The molecule has 120 heavy (non-hydrogen) atoms. The molecule has 0 atom stereocenters. The number of fused-ring (bicyclic) bond motifs is 12. The summed E-state index contributed by atoms with van der Waals surface area (Å²) in [4.78, 5) is 171. The fraction of sp³-hybridized carbons (Fsp3) is 0.0625. The molecule has 0 aromatic heterocycles. The Bertz CT molecular complexity index is 6090. The third-order valence-electron chi connectivity index (χ3n) is 19.2. The van der Waals surface area contributed by atoms with E-state index in [1.165, 1.54) is 151 Å². The van der Waals surface area contributed by atoms with Gasteiger partial charge in [0, 0.05) is 110 Å². The SMILES string of the molecule is CC(=O)Oc1cc(OC(=O)c2cc3c4cc(C(=O)Oc5cc(OC(C)=O)c6ccccc6c5)c(C(=O)Oc5cc(OC(C)=O)c6ccccc6c5)cc4c4cc(C(=O)Oc5cc(OC(C)=O)c6ccccc6c5)c(C(=O)Oc5cc(OC(C)=O)c6ccccc6c5)cc4c3cc2C(=O)Oc2cc(OC(C)=O)c3ccccc3c2)cc2ccccc12. The van der Waals surface area contributed by atoms with E-state index in [1.54, 1.807) is 146 Å². The maximum atomic E-state index is 15.8. The van der Waals surface area contributed by atoms with Gasteiger partial charge in [-0.2, -0.15) is 0 Å². The van der Waals surface area contributed by atoms with Gasteiger partial charge in [0.05, 0.1) is 33.4 Å². The minimum atomic E-state index is -1.26. The van der Waals surface area contributed by atoms with Gasteiger partial charge in [-0.05, 0) is 137 Å². The summed E-state index contributed by atoms with van der Waals surface area (Å²) in [7, 11) is 0. The monoisotopic (exact) mass is 1600 g/mol. The number of ether oxygens (including phenoxy) is 12. The van der Waals surface area contributed by atoms with Crippen LogP contribution in [0.5, 0.6) is 69.0 Å². The summed E-state index contributed by atoms with van der Waals surface area (Å²) < 4.78 is 71.3. The summed E-state index contributed by atoms with van der Waals surface area (Å²) in [5.74, 6) is -13.2. The molecular formula is C96H60O24. The van der Waals surface area contributed by atoms with Crippen LogP contribution in [0.25, 0.3) is 97.0 Å². The van der Waals surface area contributed by atoms with Crippen molar-refractivity contribution >= 4 is 169 Å². The fourth-order valence-electron chi connectivity index (χ4n) is 14.4. The molecule has 0 N–H and O–H groups in total. The Balaban J connectivity index is 0.995. The minimum Gasteiger partial charge on any atom is -0.426 e. The van der Waals surface area contributed by atoms with Gasteiger partial charge < -0.3 is 56.8 Å². The van der Waals surface area contributed by atoms with Crippen LogP contribution < -0.4 is 56.8 Å². The highest BCUT2D eigenvalue weighted by Crippen LogP contribution is 2.45. The molecule has 588 valence electrons. The smallest absolute Gasteiger partial charge is 0.344 e. The van der Waals surface area contributed by atoms with Crippen LogP contribution >= 0.6 is 0 Å². The number of hydrogen-bond donors (Lipinski definition) is 0. The summed E-state index contributed by atoms with van der Waals surface area (Å²) in [5, 5.41) is 4.83. The first-order valence-electron chi connectivity index (χ1n) is 37.0. The van der Waals surface area contributed by atoms with Gasteiger partial charge in [-0.3, -0.25) is 28.8 Å². The average Bonchev–Trinajstić information content (AvgIpc) is 0.713. The first-order chi connectivity index (χ1) is 57.8. The van der Waals surface area contributed by atoms with Crippen molar-refractivity contribution in [3.63, 3.8) is 0 Å². The van der Waals surface area contributed by atoms with Crippen molar-refractivity contribution in [3.05, 3.63) is 288 Å². The summed E-state index contributed by atoms with van der Waals surface area (Å²) in [6.45, 7) is 7.06. The lowest BCUT2D eigenvalue weighted by Gasteiger charge is -2.19. The van der Waals surface area contributed by atoms with Crippen LogP contribution in [0.1, 0.15) is 104 Å². The molecule has 0 saturated heterocycles. The topological polar surface area (TPSA) is 316 Å². The third kappa shape index (κ3) is 16.0. The van der Waals surface area contributed by atoms with Gasteiger partial charge in [0.1, 0.15) is 69.0 Å². The highest BCUT2D eigenvalue weighted by Gasteiger charge is 2.32. The molecule has 24 nitrogen and oxygen atoms in total. The Morgan fingerprint density at radius 3 is 0.425 bits per heavy atom. The Morgan fingerprint density at radius 2 is 0.292 bits per heavy atom. The first-order valence-corrected chi connectivity index (χ1v) is 37.0. The van der Waals surface area contributed by atoms with Crippen molar-refractivity contribution in [1.29, 1.82) is 0 Å². The normalized spacial score (nSPS) is 11.2. The molecule has 24 heteroatoms. The lowest BCUT2D eigenvalue weighted by atomic mass is 9.87. The van der Waals surface area contributed by atoms with E-state index in [0.29, 0.717) is 64.6 Å². The van der Waals surface area contributed by atoms with Crippen molar-refractivity contribution in [2.45, 2.75) is 41.5 Å². The van der Waals surface area contributed by atoms with Crippen LogP contribution in [-0.4, -0.2) is 71.6 Å². The van der Waals surface area contributed by atoms with Crippen LogP contribution in [0, 0.1) is 0 Å². The lowest BCUT2D eigenvalue weighted by molar-refractivity contribution is -0.132. The number of hydrogen-bond acceptors (Lipinski definition) is 24. The van der Waals surface area contributed by atoms with Gasteiger partial charge in [-0.25, -0.2) is 28.8 Å². The maximum absolute atomic E-state index is 15.8. The van der Waals surface area contributed by atoms with Gasteiger partial charge in [0.25, 0.3) is 0 Å². The molecule has 0 radical (unpaired) electrons. The second-order valence-corrected chi connectivity index (χ2v) is 27.6. The van der Waals surface area contributed by atoms with Crippen LogP contribution in [-0.2, 0) is 28.8 Å². The number of rotatable bonds is 18. The molecule has 0 saturated carbocycles. The van der Waals surface area contributed by atoms with Crippen molar-refractivity contribution in [1.82, 2.24) is 0 Å². The molecule has 0 bridgehead atoms. The van der Waals surface area contributed by atoms with E-state index >= 15 is 28.8 Å². The second-order valence-electron chi connectivity index (χ2n) is 27.6. The highest BCUT2D eigenvalue weighted by atomic mass is 16.6. The van der Waals surface area contributed by atoms with E-state index in [9.17, 15) is 28.8 Å². The Hall–Kier alpha value is -16.5. The Kier molecular flexibility index (Phi) is 20.7. The molecule has 0 amide bonds. The van der Waals surface area contributed by atoms with Crippen molar-refractivity contribution < 1.29 is 114 Å². The molecule has 0 spiro atoms. The second kappa shape index (κ2) is 32.1. The van der Waals surface area contributed by atoms with E-state index in [1.807, 2.05) is 0 Å². The summed E-state index contributed by atoms with van der Waals surface area (Å²) in [6, 6.07) is 64.2. The van der Waals surface area contributed by atoms with E-state index in [-0.39, 0.29) is 101 Å². The van der Waals surface area contributed by atoms with Crippen LogP contribution in [0.2, 0.25) is 0 Å². The number of esters is 12. The predicted octanol–water partition coefficient (Wildman–Crippen LogP) is 18.9. The molecule has 0 aliphatic carbocycles. The third-order valence-corrected chi connectivity index (χ3v) is 19.2. The van der Waals surface area contributed by atoms with E-state index in [0.717, 1.165) is 0 Å². The predicted molar refractivity (Wildman–Crippen MR) is 440 cm³/mol. The molecule has 16 aromatic carbocycles. The lowest BCUT2D eigenvalue weighted by Crippen LogP contribution is -2.19. The van der Waals surface area contributed by atoms with Gasteiger partial charge in [-0.15, -0.1) is 0 Å². The van der Waals surface area contributed by atoms with Crippen LogP contribution in [0.15, 0.2) is 255 Å². The molecule has 0 heterocycles. The Morgan fingerprint density at radius 1 is 0.158 bits per heavy atom. The van der Waals surface area contributed by atoms with Crippen molar-refractivity contribution in [3.8, 4) is 69.0 Å². The number of carbonyl (C=O) groups is 12. The van der Waals surface area contributed by atoms with E-state index in [2.05, 4.69) is 0 Å². The zero-order valence-corrected chi connectivity index (χ0v) is 64.0. The largest absolute Gasteiger partial charge is 0.426 e. The summed E-state index contributed by atoms with van der Waals surface area (Å²) in [6.07, 6.45) is 0. The zero-order chi connectivity index (χ0) is 83.9. The van der Waals surface area contributed by atoms with Crippen LogP contribution in [0.3, 0.4) is 0 Å². The standard InChI is InChI=1S/C96H60O24/c1-49(97)109-85-37-61(31-55-19-7-13-25-67(55)85)115-91(103)79-43-73-74(44-80(79)92(104)116-62-32-56-20-8-14-26-68(56)86(38-62)110-50(2)98)76-46-82(94(106)118-64-34-58-22-10-16-28-70(58)88(40-64)112-52(4)100)84(96(108)120-66-36-60-24-12-18-30-72(60)90(42-66)114-54(6)102)48-78(76)77-47-83(95(107)119-65-35-59-23-11-17-29-71(59)89(41-65)113-53(5)101)81(45-75(73)77)93(105)117-63-33-57-21-9-15-27-69(57)87(39-63)111-51(3)99/h7-48H,1-6H3. The molecular weight excluding hydrogens is 1540 g/mol. The van der Waals surface area contributed by atoms with Crippen molar-refractivity contribution in [2.75, 3.05) is 0 Å². The molecule has 0 unspecified atom stereocenters. The number of carbonyl (C=O) groups excluding carboxylic acids is 12. The molecule has 0 fully saturated rings. The molecule has 16 aromatic rings. The van der Waals surface area contributed by atoms with Crippen molar-refractivity contribution in [2.24, 2.45) is 0 Å². The van der Waals surface area contributed by atoms with Gasteiger partial charge in [0.2, 0.25) is 0 Å². The fourth-order valence-corrected chi connectivity index (χ4v) is 14.4. The summed E-state index contributed by atoms with van der Waals surface area (Å²) in [5.41, 5.74) is -3.41. The van der Waals surface area contributed by atoms with Gasteiger partial charge in [0.15, 0.2) is 0 Å². The van der Waals surface area contributed by atoms with E-state index < -0.39 is 105 Å². The molecule has 16 rings (SSSR count). The highest BCUT2D eigenvalue weighted by molar-refractivity contribution is 6.30. The number of benzene rings is 16. The maximum Gasteiger partial charge on any atom is 0.344 e. The van der Waals surface area contributed by atoms with Gasteiger partial charge >= 0.3 is 71.6 Å². The van der Waals surface area contributed by atoms with Crippen LogP contribution in [0.4, 0.5) is 0 Å². The minimum absolute atomic E-state index is 0.0172. The zero-order valence-electron chi connectivity index (χ0n) is 64.0. The average molecular weight is 1600 g/mol. The first kappa shape index (κ1) is 77.4.